The molecule has 6 heteroatoms. The molecular weight excluding hydrogens is 378 g/mol. The topological polar surface area (TPSA) is 87.7 Å². The Morgan fingerprint density at radius 1 is 0.967 bits per heavy atom. The van der Waals surface area contributed by atoms with Crippen LogP contribution in [0.15, 0.2) is 70.2 Å². The number of anilines is 1. The van der Waals surface area contributed by atoms with Gasteiger partial charge >= 0.3 is 0 Å². The van der Waals surface area contributed by atoms with E-state index < -0.39 is 0 Å². The first-order valence-electron chi connectivity index (χ1n) is 9.51. The van der Waals surface area contributed by atoms with Crippen molar-refractivity contribution in [2.45, 2.75) is 20.8 Å². The van der Waals surface area contributed by atoms with Crippen molar-refractivity contribution in [3.63, 3.8) is 0 Å². The van der Waals surface area contributed by atoms with Crippen molar-refractivity contribution in [2.24, 2.45) is 4.99 Å². The molecule has 0 fully saturated rings. The highest BCUT2D eigenvalue weighted by Gasteiger charge is 2.14. The van der Waals surface area contributed by atoms with Crippen molar-refractivity contribution in [3.05, 3.63) is 88.6 Å². The molecule has 2 N–H and O–H groups in total. The first-order chi connectivity index (χ1) is 14.4. The Labute approximate surface area is 173 Å². The van der Waals surface area contributed by atoms with Crippen molar-refractivity contribution in [2.75, 3.05) is 5.32 Å². The van der Waals surface area contributed by atoms with Gasteiger partial charge in [-0.2, -0.15) is 0 Å². The number of carbonyl (C=O) groups excluding carboxylic acids is 1. The number of nitrogens with one attached hydrogen (secondary N) is 1. The van der Waals surface area contributed by atoms with Crippen LogP contribution in [0, 0.1) is 20.8 Å². The second-order valence-corrected chi connectivity index (χ2v) is 7.32. The fourth-order valence-electron chi connectivity index (χ4n) is 3.21. The number of amides is 1. The first kappa shape index (κ1) is 19.4. The van der Waals surface area contributed by atoms with Crippen LogP contribution in [0.5, 0.6) is 5.75 Å². The smallest absolute Gasteiger partial charge is 0.262 e. The highest BCUT2D eigenvalue weighted by Crippen LogP contribution is 2.21. The molecular formula is C24H21N3O3. The Bertz CT molecular complexity index is 1300. The van der Waals surface area contributed by atoms with Gasteiger partial charge in [-0.25, -0.2) is 9.98 Å². The summed E-state index contributed by atoms with van der Waals surface area (Å²) in [6.07, 6.45) is 1.68. The molecule has 0 spiro atoms. The maximum atomic E-state index is 13.0. The van der Waals surface area contributed by atoms with E-state index in [9.17, 15) is 9.90 Å². The monoisotopic (exact) mass is 399 g/mol. The summed E-state index contributed by atoms with van der Waals surface area (Å²) in [5, 5.41) is 13.3. The quantitative estimate of drug-likeness (QED) is 0.511. The SMILES string of the molecule is Cc1ccc(NC(=O)c2cc3ccc(O)cc3oc2=Nc2cc(C)cc(C)c2)nc1. The van der Waals surface area contributed by atoms with Crippen LogP contribution in [0.1, 0.15) is 27.0 Å². The van der Waals surface area contributed by atoms with Crippen LogP contribution in [0.4, 0.5) is 11.5 Å². The van der Waals surface area contributed by atoms with Crippen LogP contribution < -0.4 is 10.9 Å². The Kier molecular flexibility index (Phi) is 5.06. The van der Waals surface area contributed by atoms with Crippen LogP contribution in [0.3, 0.4) is 0 Å². The van der Waals surface area contributed by atoms with E-state index in [1.165, 1.54) is 6.07 Å². The summed E-state index contributed by atoms with van der Waals surface area (Å²) in [6.45, 7) is 5.90. The summed E-state index contributed by atoms with van der Waals surface area (Å²) in [7, 11) is 0. The minimum atomic E-state index is -0.381. The molecule has 4 rings (SSSR count). The minimum Gasteiger partial charge on any atom is -0.508 e. The lowest BCUT2D eigenvalue weighted by molar-refractivity contribution is 0.102. The second-order valence-electron chi connectivity index (χ2n) is 7.32. The summed E-state index contributed by atoms with van der Waals surface area (Å²) < 4.78 is 5.93. The van der Waals surface area contributed by atoms with Gasteiger partial charge in [-0.15, -0.1) is 0 Å². The van der Waals surface area contributed by atoms with E-state index in [0.717, 1.165) is 16.7 Å². The largest absolute Gasteiger partial charge is 0.508 e. The normalized spacial score (nSPS) is 11.6. The average molecular weight is 399 g/mol. The predicted octanol–water partition coefficient (Wildman–Crippen LogP) is 4.94. The zero-order valence-corrected chi connectivity index (χ0v) is 16.9. The van der Waals surface area contributed by atoms with Crippen molar-refractivity contribution in [3.8, 4) is 5.75 Å². The third-order valence-electron chi connectivity index (χ3n) is 4.57. The van der Waals surface area contributed by atoms with E-state index in [0.29, 0.717) is 22.5 Å². The molecule has 0 saturated heterocycles. The molecule has 0 aliphatic heterocycles. The molecule has 0 atom stereocenters. The predicted molar refractivity (Wildman–Crippen MR) is 116 cm³/mol. The number of carbonyl (C=O) groups is 1. The Balaban J connectivity index is 1.86. The van der Waals surface area contributed by atoms with Crippen LogP contribution in [0.2, 0.25) is 0 Å². The maximum absolute atomic E-state index is 13.0. The van der Waals surface area contributed by atoms with Crippen molar-refractivity contribution in [1.82, 2.24) is 4.98 Å². The highest BCUT2D eigenvalue weighted by molar-refractivity contribution is 6.05. The average Bonchev–Trinajstić information content (AvgIpc) is 2.68. The maximum Gasteiger partial charge on any atom is 0.262 e. The number of benzene rings is 2. The number of fused-ring (bicyclic) bond motifs is 1. The van der Waals surface area contributed by atoms with Gasteiger partial charge in [0.05, 0.1) is 5.69 Å². The molecule has 0 aliphatic carbocycles. The molecule has 0 aliphatic rings. The molecule has 2 aromatic carbocycles. The number of rotatable bonds is 3. The van der Waals surface area contributed by atoms with Gasteiger partial charge in [0, 0.05) is 17.6 Å². The van der Waals surface area contributed by atoms with E-state index in [4.69, 9.17) is 4.42 Å². The molecule has 0 unspecified atom stereocenters. The summed E-state index contributed by atoms with van der Waals surface area (Å²) in [6, 6.07) is 15.9. The number of aryl methyl sites for hydroxylation is 3. The van der Waals surface area contributed by atoms with Crippen molar-refractivity contribution in [1.29, 1.82) is 0 Å². The van der Waals surface area contributed by atoms with E-state index in [1.54, 1.807) is 30.5 Å². The Hall–Kier alpha value is -3.93. The molecule has 0 bridgehead atoms. The van der Waals surface area contributed by atoms with Crippen LogP contribution in [-0.4, -0.2) is 16.0 Å². The van der Waals surface area contributed by atoms with Crippen LogP contribution >= 0.6 is 0 Å². The molecule has 1 amide bonds. The van der Waals surface area contributed by atoms with Gasteiger partial charge in [0.2, 0.25) is 5.55 Å². The summed E-state index contributed by atoms with van der Waals surface area (Å²) in [4.78, 5) is 21.9. The fourth-order valence-corrected chi connectivity index (χ4v) is 3.21. The minimum absolute atomic E-state index is 0.0738. The van der Waals surface area contributed by atoms with Crippen molar-refractivity contribution < 1.29 is 14.3 Å². The molecule has 30 heavy (non-hydrogen) atoms. The third kappa shape index (κ3) is 4.22. The lowest BCUT2D eigenvalue weighted by Crippen LogP contribution is -2.22. The van der Waals surface area contributed by atoms with Gasteiger partial charge in [0.1, 0.15) is 22.7 Å². The lowest BCUT2D eigenvalue weighted by atomic mass is 10.1. The molecule has 2 aromatic heterocycles. The molecule has 0 radical (unpaired) electrons. The molecule has 2 heterocycles. The number of hydrogen-bond donors (Lipinski definition) is 2. The summed E-state index contributed by atoms with van der Waals surface area (Å²) >= 11 is 0. The van der Waals surface area contributed by atoms with E-state index >= 15 is 0 Å². The molecule has 6 nitrogen and oxygen atoms in total. The number of phenols is 1. The molecule has 4 aromatic rings. The van der Waals surface area contributed by atoms with E-state index in [-0.39, 0.29) is 22.8 Å². The molecule has 0 saturated carbocycles. The Morgan fingerprint density at radius 3 is 2.43 bits per heavy atom. The highest BCUT2D eigenvalue weighted by atomic mass is 16.3. The number of phenolic OH excluding ortho intramolecular Hbond substituents is 1. The second kappa shape index (κ2) is 7.83. The molecule has 150 valence electrons. The third-order valence-corrected chi connectivity index (χ3v) is 4.57. The zero-order valence-electron chi connectivity index (χ0n) is 16.9. The Morgan fingerprint density at radius 2 is 1.73 bits per heavy atom. The first-order valence-corrected chi connectivity index (χ1v) is 9.51. The van der Waals surface area contributed by atoms with Gasteiger partial charge in [-0.05, 0) is 73.9 Å². The van der Waals surface area contributed by atoms with E-state index in [1.807, 2.05) is 45.0 Å². The number of pyridine rings is 1. The summed E-state index contributed by atoms with van der Waals surface area (Å²) in [5.74, 6) is 0.131. The number of aromatic nitrogens is 1. The number of nitrogens with zero attached hydrogens (tertiary/aromatic N) is 2. The van der Waals surface area contributed by atoms with Gasteiger partial charge in [-0.3, -0.25) is 4.79 Å². The number of aromatic hydroxyl groups is 1. The standard InChI is InChI=1S/C24H21N3O3/c1-14-4-7-22(25-13-14)27-23(29)20-11-17-5-6-19(28)12-21(17)30-24(20)26-18-9-15(2)8-16(3)10-18/h4-13,28H,1-3H3,(H,25,27,29). The fraction of sp³-hybridized carbons (Fsp3) is 0.125. The summed E-state index contributed by atoms with van der Waals surface area (Å²) in [5.41, 5.74) is 4.65. The van der Waals surface area contributed by atoms with Crippen LogP contribution in [-0.2, 0) is 0 Å². The van der Waals surface area contributed by atoms with Crippen LogP contribution in [0.25, 0.3) is 11.0 Å². The van der Waals surface area contributed by atoms with Gasteiger partial charge < -0.3 is 14.8 Å². The van der Waals surface area contributed by atoms with E-state index in [2.05, 4.69) is 15.3 Å². The van der Waals surface area contributed by atoms with Crippen molar-refractivity contribution >= 4 is 28.4 Å². The van der Waals surface area contributed by atoms with Gasteiger partial charge in [0.25, 0.3) is 5.91 Å². The zero-order chi connectivity index (χ0) is 21.3. The van der Waals surface area contributed by atoms with Gasteiger partial charge in [0.15, 0.2) is 0 Å². The van der Waals surface area contributed by atoms with Gasteiger partial charge in [-0.1, -0.05) is 12.1 Å². The number of hydrogen-bond acceptors (Lipinski definition) is 5. The lowest BCUT2D eigenvalue weighted by Gasteiger charge is -2.07.